The Hall–Kier alpha value is -2.91. The van der Waals surface area contributed by atoms with E-state index in [2.05, 4.69) is 32.1 Å². The molecule has 0 spiro atoms. The van der Waals surface area contributed by atoms with Crippen LogP contribution in [0.4, 0.5) is 11.5 Å². The molecule has 1 fully saturated rings. The maximum atomic E-state index is 12.5. The van der Waals surface area contributed by atoms with Gasteiger partial charge in [-0.3, -0.25) is 14.5 Å². The van der Waals surface area contributed by atoms with Gasteiger partial charge in [-0.25, -0.2) is 4.98 Å². The number of nitrogens with two attached hydrogens (primary N) is 1. The highest BCUT2D eigenvalue weighted by Crippen LogP contribution is 2.30. The molecule has 0 radical (unpaired) electrons. The topological polar surface area (TPSA) is 117 Å². The van der Waals surface area contributed by atoms with E-state index < -0.39 is 5.56 Å². The Kier molecular flexibility index (Phi) is 7.07. The first-order valence-corrected chi connectivity index (χ1v) is 10.2. The summed E-state index contributed by atoms with van der Waals surface area (Å²) in [6.07, 6.45) is 0.857. The fraction of sp³-hybridized carbons (Fsp3) is 0.476. The van der Waals surface area contributed by atoms with Gasteiger partial charge < -0.3 is 25.7 Å². The van der Waals surface area contributed by atoms with Crippen LogP contribution in [0.2, 0.25) is 0 Å². The summed E-state index contributed by atoms with van der Waals surface area (Å²) in [5.74, 6) is 0.532. The third-order valence-corrected chi connectivity index (χ3v) is 5.01. The molecule has 30 heavy (non-hydrogen) atoms. The second kappa shape index (κ2) is 9.73. The lowest BCUT2D eigenvalue weighted by atomic mass is 10.1. The number of carbonyl (C=O) groups is 1. The number of benzene rings is 1. The van der Waals surface area contributed by atoms with E-state index in [4.69, 9.17) is 10.5 Å². The van der Waals surface area contributed by atoms with Crippen LogP contribution in [0.15, 0.2) is 23.0 Å². The van der Waals surface area contributed by atoms with Gasteiger partial charge in [0.2, 0.25) is 5.91 Å². The van der Waals surface area contributed by atoms with Gasteiger partial charge in [0.05, 0.1) is 12.2 Å². The van der Waals surface area contributed by atoms with Crippen molar-refractivity contribution in [2.45, 2.75) is 26.8 Å². The summed E-state index contributed by atoms with van der Waals surface area (Å²) in [4.78, 5) is 35.6. The molecular weight excluding hydrogens is 384 g/mol. The minimum Gasteiger partial charge on any atom is -0.493 e. The summed E-state index contributed by atoms with van der Waals surface area (Å²) >= 11 is 0. The van der Waals surface area contributed by atoms with Crippen LogP contribution in [0, 0.1) is 0 Å². The van der Waals surface area contributed by atoms with E-state index in [-0.39, 0.29) is 17.4 Å². The van der Waals surface area contributed by atoms with E-state index in [1.54, 1.807) is 0 Å². The van der Waals surface area contributed by atoms with Crippen molar-refractivity contribution in [2.75, 3.05) is 50.9 Å². The number of piperazine rings is 1. The second-order valence-electron chi connectivity index (χ2n) is 7.61. The van der Waals surface area contributed by atoms with Crippen molar-refractivity contribution < 1.29 is 9.53 Å². The largest absolute Gasteiger partial charge is 0.493 e. The standard InChI is InChI=1S/C21H30N6O3/c1-4-11-30-17-6-5-15(13-27-9-7-26(3)8-10-27)12-16(17)20-24-19(22)18(21(29)25-20)23-14(2)28/h5-6,12H,4,7-11,13H2,1-3H3,(H,23,28)(H3,22,24,25,29). The van der Waals surface area contributed by atoms with Crippen LogP contribution in [0.3, 0.4) is 0 Å². The van der Waals surface area contributed by atoms with Crippen LogP contribution in [0.1, 0.15) is 25.8 Å². The molecule has 0 unspecified atom stereocenters. The lowest BCUT2D eigenvalue weighted by Gasteiger charge is -2.32. The van der Waals surface area contributed by atoms with Crippen molar-refractivity contribution in [1.29, 1.82) is 0 Å². The molecule has 0 bridgehead atoms. The number of amides is 1. The number of nitrogen functional groups attached to an aromatic ring is 1. The molecule has 1 amide bonds. The molecule has 1 aromatic heterocycles. The average Bonchev–Trinajstić information content (AvgIpc) is 2.71. The number of rotatable bonds is 7. The van der Waals surface area contributed by atoms with Crippen LogP contribution >= 0.6 is 0 Å². The first kappa shape index (κ1) is 21.8. The highest BCUT2D eigenvalue weighted by Gasteiger charge is 2.18. The van der Waals surface area contributed by atoms with Crippen LogP contribution in [0.25, 0.3) is 11.4 Å². The van der Waals surface area contributed by atoms with Crippen LogP contribution in [0.5, 0.6) is 5.75 Å². The first-order chi connectivity index (χ1) is 14.4. The Balaban J connectivity index is 1.94. The predicted octanol–water partition coefficient (Wildman–Crippen LogP) is 1.51. The number of hydrogen-bond donors (Lipinski definition) is 3. The Morgan fingerprint density at radius 2 is 2.03 bits per heavy atom. The zero-order valence-electron chi connectivity index (χ0n) is 17.8. The fourth-order valence-corrected chi connectivity index (χ4v) is 3.38. The summed E-state index contributed by atoms with van der Waals surface area (Å²) in [6.45, 7) is 8.79. The summed E-state index contributed by atoms with van der Waals surface area (Å²) in [7, 11) is 2.13. The van der Waals surface area contributed by atoms with Gasteiger partial charge in [0, 0.05) is 39.6 Å². The molecule has 4 N–H and O–H groups in total. The van der Waals surface area contributed by atoms with Crippen molar-refractivity contribution >= 4 is 17.4 Å². The Labute approximate surface area is 176 Å². The van der Waals surface area contributed by atoms with Crippen molar-refractivity contribution in [3.05, 3.63) is 34.1 Å². The minimum atomic E-state index is -0.501. The number of carbonyl (C=O) groups excluding carboxylic acids is 1. The third-order valence-electron chi connectivity index (χ3n) is 5.01. The SMILES string of the molecule is CCCOc1ccc(CN2CCN(C)CC2)cc1-c1nc(N)c(NC(C)=O)c(=O)[nH]1. The van der Waals surface area contributed by atoms with Gasteiger partial charge in [0.15, 0.2) is 5.82 Å². The molecular formula is C21H30N6O3. The molecule has 0 aliphatic carbocycles. The number of ether oxygens (including phenoxy) is 1. The molecule has 1 aliphatic heterocycles. The Morgan fingerprint density at radius 1 is 1.30 bits per heavy atom. The zero-order valence-corrected chi connectivity index (χ0v) is 17.8. The smallest absolute Gasteiger partial charge is 0.277 e. The predicted molar refractivity (Wildman–Crippen MR) is 118 cm³/mol. The van der Waals surface area contributed by atoms with Crippen LogP contribution < -0.4 is 21.3 Å². The number of nitrogens with one attached hydrogen (secondary N) is 2. The van der Waals surface area contributed by atoms with Gasteiger partial charge in [-0.1, -0.05) is 13.0 Å². The minimum absolute atomic E-state index is 0.0325. The summed E-state index contributed by atoms with van der Waals surface area (Å²) in [5, 5.41) is 2.43. The second-order valence-corrected chi connectivity index (χ2v) is 7.61. The molecule has 0 atom stereocenters. The molecule has 1 saturated heterocycles. The number of hydrogen-bond acceptors (Lipinski definition) is 7. The van der Waals surface area contributed by atoms with Gasteiger partial charge in [-0.2, -0.15) is 0 Å². The first-order valence-electron chi connectivity index (χ1n) is 10.2. The van der Waals surface area contributed by atoms with Gasteiger partial charge in [-0.05, 0) is 31.2 Å². The molecule has 0 saturated carbocycles. The molecule has 1 aliphatic rings. The van der Waals surface area contributed by atoms with Gasteiger partial charge in [0.1, 0.15) is 17.3 Å². The molecule has 3 rings (SSSR count). The lowest BCUT2D eigenvalue weighted by Crippen LogP contribution is -2.43. The zero-order chi connectivity index (χ0) is 21.7. The number of anilines is 2. The lowest BCUT2D eigenvalue weighted by molar-refractivity contribution is -0.114. The van der Waals surface area contributed by atoms with Gasteiger partial charge in [0.25, 0.3) is 5.56 Å². The van der Waals surface area contributed by atoms with E-state index in [0.717, 1.165) is 44.7 Å². The number of likely N-dealkylation sites (N-methyl/N-ethyl adjacent to an activating group) is 1. The molecule has 162 valence electrons. The van der Waals surface area contributed by atoms with Gasteiger partial charge >= 0.3 is 0 Å². The molecule has 1 aromatic carbocycles. The number of aromatic amines is 1. The molecule has 9 heteroatoms. The normalized spacial score (nSPS) is 15.2. The van der Waals surface area contributed by atoms with Crippen molar-refractivity contribution in [3.63, 3.8) is 0 Å². The number of nitrogens with zero attached hydrogens (tertiary/aromatic N) is 3. The van der Waals surface area contributed by atoms with E-state index in [0.29, 0.717) is 23.7 Å². The Morgan fingerprint density at radius 3 is 2.67 bits per heavy atom. The summed E-state index contributed by atoms with van der Waals surface area (Å²) in [6, 6.07) is 5.94. The van der Waals surface area contributed by atoms with E-state index in [9.17, 15) is 9.59 Å². The van der Waals surface area contributed by atoms with Crippen LogP contribution in [-0.4, -0.2) is 65.5 Å². The Bertz CT molecular complexity index is 950. The maximum absolute atomic E-state index is 12.5. The highest BCUT2D eigenvalue weighted by atomic mass is 16.5. The quantitative estimate of drug-likeness (QED) is 0.629. The van der Waals surface area contributed by atoms with E-state index in [1.165, 1.54) is 6.92 Å². The summed E-state index contributed by atoms with van der Waals surface area (Å²) < 4.78 is 5.88. The van der Waals surface area contributed by atoms with Crippen LogP contribution in [-0.2, 0) is 11.3 Å². The average molecular weight is 415 g/mol. The monoisotopic (exact) mass is 414 g/mol. The number of aromatic nitrogens is 2. The highest BCUT2D eigenvalue weighted by molar-refractivity contribution is 5.91. The molecule has 2 heterocycles. The fourth-order valence-electron chi connectivity index (χ4n) is 3.38. The van der Waals surface area contributed by atoms with E-state index in [1.807, 2.05) is 25.1 Å². The van der Waals surface area contributed by atoms with Crippen molar-refractivity contribution in [3.8, 4) is 17.1 Å². The van der Waals surface area contributed by atoms with Crippen molar-refractivity contribution in [2.24, 2.45) is 0 Å². The number of H-pyrrole nitrogens is 1. The van der Waals surface area contributed by atoms with E-state index >= 15 is 0 Å². The van der Waals surface area contributed by atoms with Gasteiger partial charge in [-0.15, -0.1) is 0 Å². The summed E-state index contributed by atoms with van der Waals surface area (Å²) in [5.41, 5.74) is 7.19. The molecule has 9 nitrogen and oxygen atoms in total. The third kappa shape index (κ3) is 5.37. The molecule has 2 aromatic rings. The van der Waals surface area contributed by atoms with Crippen molar-refractivity contribution in [1.82, 2.24) is 19.8 Å². The maximum Gasteiger partial charge on any atom is 0.277 e.